The Morgan fingerprint density at radius 2 is 2.00 bits per heavy atom. The summed E-state index contributed by atoms with van der Waals surface area (Å²) in [5, 5.41) is 18.3. The number of pyridine rings is 1. The molecular weight excluding hydrogens is 313 g/mol. The van der Waals surface area contributed by atoms with Crippen LogP contribution in [-0.4, -0.2) is 25.6 Å². The number of halogens is 3. The van der Waals surface area contributed by atoms with Crippen molar-refractivity contribution in [3.8, 4) is 5.75 Å². The monoisotopic (exact) mass is 322 g/mol. The maximum absolute atomic E-state index is 13.6. The number of aromatic hydroxyl groups is 1. The lowest BCUT2D eigenvalue weighted by atomic mass is 10.2. The summed E-state index contributed by atoms with van der Waals surface area (Å²) in [5.74, 6) is -2.40. The van der Waals surface area contributed by atoms with Crippen molar-refractivity contribution in [2.24, 2.45) is 0 Å². The van der Waals surface area contributed by atoms with E-state index in [1.807, 2.05) is 0 Å². The highest BCUT2D eigenvalue weighted by atomic mass is 19.3. The molecule has 0 atom stereocenters. The number of rotatable bonds is 3. The molecule has 0 spiro atoms. The number of aromatic nitrogens is 3. The first-order valence-corrected chi connectivity index (χ1v) is 6.38. The van der Waals surface area contributed by atoms with Gasteiger partial charge in [0.25, 0.3) is 12.3 Å². The van der Waals surface area contributed by atoms with E-state index in [1.54, 1.807) is 0 Å². The SMILES string of the molecule is O=C(Nc1ccc(O)cc1F)c1ccc2nnc(C(F)F)n2c1. The molecule has 2 N–H and O–H groups in total. The molecule has 1 amide bonds. The van der Waals surface area contributed by atoms with Gasteiger partial charge in [-0.1, -0.05) is 0 Å². The Hall–Kier alpha value is -3.10. The largest absolute Gasteiger partial charge is 0.508 e. The van der Waals surface area contributed by atoms with Gasteiger partial charge in [0, 0.05) is 12.3 Å². The van der Waals surface area contributed by atoms with E-state index in [9.17, 15) is 18.0 Å². The summed E-state index contributed by atoms with van der Waals surface area (Å²) in [6, 6.07) is 5.93. The van der Waals surface area contributed by atoms with Crippen molar-refractivity contribution in [2.75, 3.05) is 5.32 Å². The fraction of sp³-hybridized carbons (Fsp3) is 0.0714. The minimum Gasteiger partial charge on any atom is -0.508 e. The number of carbonyl (C=O) groups is 1. The Labute approximate surface area is 127 Å². The molecule has 9 heteroatoms. The van der Waals surface area contributed by atoms with Gasteiger partial charge in [0.15, 0.2) is 5.65 Å². The first kappa shape index (κ1) is 14.8. The van der Waals surface area contributed by atoms with Gasteiger partial charge in [-0.25, -0.2) is 13.2 Å². The smallest absolute Gasteiger partial charge is 0.297 e. The minimum absolute atomic E-state index is 0.0201. The van der Waals surface area contributed by atoms with Gasteiger partial charge >= 0.3 is 0 Å². The molecule has 0 saturated heterocycles. The van der Waals surface area contributed by atoms with E-state index in [4.69, 9.17) is 5.11 Å². The zero-order valence-electron chi connectivity index (χ0n) is 11.4. The van der Waals surface area contributed by atoms with Crippen LogP contribution >= 0.6 is 0 Å². The molecule has 0 aliphatic heterocycles. The maximum atomic E-state index is 13.6. The van der Waals surface area contributed by atoms with Crippen molar-refractivity contribution in [1.82, 2.24) is 14.6 Å². The van der Waals surface area contributed by atoms with Gasteiger partial charge in [0.2, 0.25) is 5.82 Å². The third-order valence-electron chi connectivity index (χ3n) is 3.09. The van der Waals surface area contributed by atoms with Gasteiger partial charge in [-0.15, -0.1) is 10.2 Å². The molecule has 6 nitrogen and oxygen atoms in total. The third kappa shape index (κ3) is 2.80. The molecule has 0 saturated carbocycles. The Morgan fingerprint density at radius 1 is 1.22 bits per heavy atom. The van der Waals surface area contributed by atoms with Crippen molar-refractivity contribution in [2.45, 2.75) is 6.43 Å². The normalized spacial score (nSPS) is 11.1. The molecule has 2 heterocycles. The Kier molecular flexibility index (Phi) is 3.61. The number of phenolic OH excluding ortho intramolecular Hbond substituents is 1. The average Bonchev–Trinajstić information content (AvgIpc) is 2.93. The van der Waals surface area contributed by atoms with Crippen LogP contribution in [0.15, 0.2) is 36.5 Å². The molecule has 0 aliphatic rings. The zero-order valence-corrected chi connectivity index (χ0v) is 11.4. The molecule has 0 fully saturated rings. The summed E-state index contributed by atoms with van der Waals surface area (Å²) in [6.45, 7) is 0. The Balaban J connectivity index is 1.93. The maximum Gasteiger partial charge on any atom is 0.297 e. The van der Waals surface area contributed by atoms with E-state index in [0.29, 0.717) is 0 Å². The predicted molar refractivity (Wildman–Crippen MR) is 74.0 cm³/mol. The molecule has 3 rings (SSSR count). The number of hydrogen-bond donors (Lipinski definition) is 2. The summed E-state index contributed by atoms with van der Waals surface area (Å²) >= 11 is 0. The quantitative estimate of drug-likeness (QED) is 0.727. The Morgan fingerprint density at radius 3 is 2.70 bits per heavy atom. The molecule has 3 aromatic rings. The lowest BCUT2D eigenvalue weighted by molar-refractivity contribution is 0.102. The molecule has 2 aromatic heterocycles. The van der Waals surface area contributed by atoms with Crippen LogP contribution in [0, 0.1) is 5.82 Å². The molecule has 1 aromatic carbocycles. The van der Waals surface area contributed by atoms with Crippen molar-refractivity contribution >= 4 is 17.2 Å². The molecule has 0 unspecified atom stereocenters. The summed E-state index contributed by atoms with van der Waals surface area (Å²) in [5.41, 5.74) is 0.0325. The summed E-state index contributed by atoms with van der Waals surface area (Å²) in [4.78, 5) is 12.1. The second-order valence-electron chi connectivity index (χ2n) is 4.62. The number of benzene rings is 1. The number of alkyl halides is 2. The first-order valence-electron chi connectivity index (χ1n) is 6.38. The van der Waals surface area contributed by atoms with E-state index in [0.717, 1.165) is 16.7 Å². The fourth-order valence-electron chi connectivity index (χ4n) is 1.99. The van der Waals surface area contributed by atoms with Crippen molar-refractivity contribution < 1.29 is 23.1 Å². The summed E-state index contributed by atoms with van der Waals surface area (Å²) in [6.07, 6.45) is -1.71. The number of anilines is 1. The predicted octanol–water partition coefficient (Wildman–Crippen LogP) is 2.76. The lowest BCUT2D eigenvalue weighted by Gasteiger charge is -2.07. The number of hydrogen-bond acceptors (Lipinski definition) is 4. The van der Waals surface area contributed by atoms with E-state index in [-0.39, 0.29) is 22.6 Å². The molecular formula is C14H9F3N4O2. The van der Waals surface area contributed by atoms with Gasteiger partial charge < -0.3 is 10.4 Å². The first-order chi connectivity index (χ1) is 11.0. The molecule has 0 bridgehead atoms. The van der Waals surface area contributed by atoms with Crippen LogP contribution in [0.4, 0.5) is 18.9 Å². The lowest BCUT2D eigenvalue weighted by Crippen LogP contribution is -2.14. The second kappa shape index (κ2) is 5.59. The number of phenols is 1. The van der Waals surface area contributed by atoms with Crippen LogP contribution in [0.3, 0.4) is 0 Å². The van der Waals surface area contributed by atoms with Crippen LogP contribution in [0.25, 0.3) is 5.65 Å². The number of fused-ring (bicyclic) bond motifs is 1. The van der Waals surface area contributed by atoms with Gasteiger partial charge in [0.05, 0.1) is 11.3 Å². The number of carbonyl (C=O) groups excluding carboxylic acids is 1. The van der Waals surface area contributed by atoms with Gasteiger partial charge in [-0.05, 0) is 24.3 Å². The van der Waals surface area contributed by atoms with E-state index in [2.05, 4.69) is 15.5 Å². The van der Waals surface area contributed by atoms with E-state index < -0.39 is 24.0 Å². The minimum atomic E-state index is -2.85. The van der Waals surface area contributed by atoms with Gasteiger partial charge in [0.1, 0.15) is 11.6 Å². The molecule has 23 heavy (non-hydrogen) atoms. The fourth-order valence-corrected chi connectivity index (χ4v) is 1.99. The van der Waals surface area contributed by atoms with Crippen LogP contribution in [0.1, 0.15) is 22.6 Å². The molecule has 118 valence electrons. The second-order valence-corrected chi connectivity index (χ2v) is 4.62. The number of amides is 1. The van der Waals surface area contributed by atoms with Crippen LogP contribution in [0.5, 0.6) is 5.75 Å². The highest BCUT2D eigenvalue weighted by molar-refractivity contribution is 6.04. The van der Waals surface area contributed by atoms with Crippen molar-refractivity contribution in [1.29, 1.82) is 0 Å². The van der Waals surface area contributed by atoms with Crippen LogP contribution in [0.2, 0.25) is 0 Å². The zero-order chi connectivity index (χ0) is 16.6. The van der Waals surface area contributed by atoms with Crippen LogP contribution in [-0.2, 0) is 0 Å². The highest BCUT2D eigenvalue weighted by Gasteiger charge is 2.17. The van der Waals surface area contributed by atoms with E-state index in [1.165, 1.54) is 24.3 Å². The topological polar surface area (TPSA) is 79.5 Å². The van der Waals surface area contributed by atoms with Crippen molar-refractivity contribution in [3.63, 3.8) is 0 Å². The Bertz CT molecular complexity index is 895. The highest BCUT2D eigenvalue weighted by Crippen LogP contribution is 2.21. The number of nitrogens with zero attached hydrogens (tertiary/aromatic N) is 3. The molecule has 0 aliphatic carbocycles. The molecule has 0 radical (unpaired) electrons. The summed E-state index contributed by atoms with van der Waals surface area (Å²) in [7, 11) is 0. The standard InChI is InChI=1S/C14H9F3N4O2/c15-9-5-8(22)2-3-10(9)18-14(23)7-1-4-11-19-20-13(12(16)17)21(11)6-7/h1-6,12,22H,(H,18,23). The van der Waals surface area contributed by atoms with Gasteiger partial charge in [-0.3, -0.25) is 9.20 Å². The van der Waals surface area contributed by atoms with Crippen LogP contribution < -0.4 is 5.32 Å². The number of nitrogens with one attached hydrogen (secondary N) is 1. The average molecular weight is 322 g/mol. The van der Waals surface area contributed by atoms with E-state index >= 15 is 0 Å². The van der Waals surface area contributed by atoms with Crippen molar-refractivity contribution in [3.05, 3.63) is 53.7 Å². The van der Waals surface area contributed by atoms with Gasteiger partial charge in [-0.2, -0.15) is 0 Å². The third-order valence-corrected chi connectivity index (χ3v) is 3.09. The summed E-state index contributed by atoms with van der Waals surface area (Å²) < 4.78 is 40.2.